The number of anilines is 1. The molecule has 0 saturated carbocycles. The third kappa shape index (κ3) is 2.53. The summed E-state index contributed by atoms with van der Waals surface area (Å²) in [5.41, 5.74) is 1.71. The molecule has 2 saturated heterocycles. The van der Waals surface area contributed by atoms with Gasteiger partial charge in [-0.05, 0) is 6.42 Å². The molecule has 7 nitrogen and oxygen atoms in total. The van der Waals surface area contributed by atoms with Crippen molar-refractivity contribution in [1.82, 2.24) is 29.5 Å². The fourth-order valence-corrected chi connectivity index (χ4v) is 3.53. The van der Waals surface area contributed by atoms with E-state index < -0.39 is 6.43 Å². The predicted molar refractivity (Wildman–Crippen MR) is 97.0 cm³/mol. The van der Waals surface area contributed by atoms with Crippen LogP contribution in [0.5, 0.6) is 0 Å². The Morgan fingerprint density at radius 2 is 2.11 bits per heavy atom. The van der Waals surface area contributed by atoms with Crippen molar-refractivity contribution >= 4 is 11.5 Å². The van der Waals surface area contributed by atoms with Crippen molar-refractivity contribution in [3.63, 3.8) is 0 Å². The van der Waals surface area contributed by atoms with Crippen LogP contribution in [0.3, 0.4) is 0 Å². The molecule has 2 aliphatic heterocycles. The van der Waals surface area contributed by atoms with Gasteiger partial charge in [0.15, 0.2) is 11.5 Å². The van der Waals surface area contributed by atoms with Gasteiger partial charge in [-0.3, -0.25) is 9.08 Å². The molecule has 0 aliphatic carbocycles. The summed E-state index contributed by atoms with van der Waals surface area (Å²) in [6.07, 6.45) is 6.71. The Morgan fingerprint density at radius 3 is 2.74 bits per heavy atom. The lowest BCUT2D eigenvalue weighted by Gasteiger charge is -2.40. The number of imidazole rings is 1. The molecule has 5 rings (SSSR count). The number of fused-ring (bicyclic) bond motifs is 1. The van der Waals surface area contributed by atoms with Crippen molar-refractivity contribution in [3.8, 4) is 11.3 Å². The number of halogens is 2. The Labute approximate surface area is 154 Å². The maximum atomic E-state index is 13.5. The first-order chi connectivity index (χ1) is 13.2. The lowest BCUT2D eigenvalue weighted by atomic mass is 10.0. The van der Waals surface area contributed by atoms with E-state index in [2.05, 4.69) is 22.0 Å². The van der Waals surface area contributed by atoms with Gasteiger partial charge in [-0.1, -0.05) is 6.08 Å². The Bertz CT molecular complexity index is 1000. The normalized spacial score (nSPS) is 20.1. The molecule has 9 heteroatoms. The molecule has 3 aromatic heterocycles. The van der Waals surface area contributed by atoms with Crippen LogP contribution in [0.4, 0.5) is 14.6 Å². The third-order valence-corrected chi connectivity index (χ3v) is 5.37. The van der Waals surface area contributed by atoms with E-state index in [0.717, 1.165) is 31.6 Å². The molecule has 1 N–H and O–H groups in total. The topological polar surface area (TPSA) is 63.3 Å². The van der Waals surface area contributed by atoms with E-state index in [1.54, 1.807) is 12.4 Å². The van der Waals surface area contributed by atoms with E-state index >= 15 is 0 Å². The quantitative estimate of drug-likeness (QED) is 0.698. The molecule has 0 amide bonds. The number of hydrogen-bond acceptors (Lipinski definition) is 5. The minimum atomic E-state index is -2.61. The van der Waals surface area contributed by atoms with Crippen molar-refractivity contribution < 1.29 is 8.78 Å². The molecule has 1 atom stereocenters. The summed E-state index contributed by atoms with van der Waals surface area (Å²) >= 11 is 0. The highest BCUT2D eigenvalue weighted by molar-refractivity contribution is 5.71. The van der Waals surface area contributed by atoms with Gasteiger partial charge in [0.25, 0.3) is 6.43 Å². The van der Waals surface area contributed by atoms with Gasteiger partial charge >= 0.3 is 0 Å². The first-order valence-corrected chi connectivity index (χ1v) is 8.96. The first-order valence-electron chi connectivity index (χ1n) is 8.96. The Balaban J connectivity index is 1.64. The first kappa shape index (κ1) is 16.4. The molecule has 0 aromatic carbocycles. The second-order valence-corrected chi connectivity index (χ2v) is 6.93. The van der Waals surface area contributed by atoms with Gasteiger partial charge in [-0.2, -0.15) is 5.10 Å². The minimum absolute atomic E-state index is 0.138. The van der Waals surface area contributed by atoms with E-state index in [0.29, 0.717) is 23.2 Å². The van der Waals surface area contributed by atoms with Crippen LogP contribution in [0, 0.1) is 0 Å². The standard InChI is InChI=1S/C18H19F2N7/c1-2-12-3-4-25(12)18-17-22-8-15(16(19)20)26(17)10-14(24-18)11-5-23-27(9-11)13-6-21-7-13/h2,5,8-10,12-13,16,21H,1,3-4,6-7H2/t12-/m0/s1. The van der Waals surface area contributed by atoms with Crippen molar-refractivity contribution in [2.24, 2.45) is 0 Å². The van der Waals surface area contributed by atoms with Gasteiger partial charge in [0.1, 0.15) is 5.69 Å². The number of nitrogens with zero attached hydrogens (tertiary/aromatic N) is 6. The van der Waals surface area contributed by atoms with E-state index in [1.807, 2.05) is 21.9 Å². The van der Waals surface area contributed by atoms with Gasteiger partial charge in [0.05, 0.1) is 30.2 Å². The zero-order chi connectivity index (χ0) is 18.5. The van der Waals surface area contributed by atoms with Crippen LogP contribution in [0.15, 0.2) is 37.4 Å². The average Bonchev–Trinajstić information content (AvgIpc) is 3.19. The zero-order valence-corrected chi connectivity index (χ0v) is 14.6. The summed E-state index contributed by atoms with van der Waals surface area (Å²) in [5.74, 6) is 0.605. The number of rotatable bonds is 5. The number of nitrogens with one attached hydrogen (secondary N) is 1. The predicted octanol–water partition coefficient (Wildman–Crippen LogP) is 2.44. The maximum Gasteiger partial charge on any atom is 0.280 e. The van der Waals surface area contributed by atoms with Crippen LogP contribution in [0.1, 0.15) is 24.6 Å². The molecule has 0 spiro atoms. The van der Waals surface area contributed by atoms with Crippen LogP contribution >= 0.6 is 0 Å². The largest absolute Gasteiger partial charge is 0.347 e. The molecule has 0 bridgehead atoms. The summed E-state index contributed by atoms with van der Waals surface area (Å²) in [6, 6.07) is 0.472. The number of hydrogen-bond donors (Lipinski definition) is 1. The smallest absolute Gasteiger partial charge is 0.280 e. The van der Waals surface area contributed by atoms with Crippen molar-refractivity contribution in [3.05, 3.63) is 43.1 Å². The lowest BCUT2D eigenvalue weighted by molar-refractivity contribution is 0.145. The fraction of sp³-hybridized carbons (Fsp3) is 0.389. The lowest BCUT2D eigenvalue weighted by Crippen LogP contribution is -2.47. The summed E-state index contributed by atoms with van der Waals surface area (Å²) in [6.45, 7) is 6.41. The molecule has 2 aliphatic rings. The molecule has 2 fully saturated rings. The fourth-order valence-electron chi connectivity index (χ4n) is 3.53. The van der Waals surface area contributed by atoms with Crippen LogP contribution < -0.4 is 10.2 Å². The molecule has 27 heavy (non-hydrogen) atoms. The second kappa shape index (κ2) is 6.12. The van der Waals surface area contributed by atoms with E-state index in [9.17, 15) is 8.78 Å². The van der Waals surface area contributed by atoms with E-state index in [-0.39, 0.29) is 11.7 Å². The Morgan fingerprint density at radius 1 is 1.26 bits per heavy atom. The number of alkyl halides is 2. The van der Waals surface area contributed by atoms with E-state index in [4.69, 9.17) is 4.98 Å². The summed E-state index contributed by atoms with van der Waals surface area (Å²) in [7, 11) is 0. The summed E-state index contributed by atoms with van der Waals surface area (Å²) in [4.78, 5) is 11.0. The van der Waals surface area contributed by atoms with Gasteiger partial charge in [-0.25, -0.2) is 18.7 Å². The van der Waals surface area contributed by atoms with Crippen molar-refractivity contribution in [2.75, 3.05) is 24.5 Å². The molecular weight excluding hydrogens is 352 g/mol. The summed E-state index contributed by atoms with van der Waals surface area (Å²) < 4.78 is 30.3. The molecule has 3 aromatic rings. The van der Waals surface area contributed by atoms with E-state index in [1.165, 1.54) is 10.6 Å². The van der Waals surface area contributed by atoms with Crippen molar-refractivity contribution in [1.29, 1.82) is 0 Å². The Hall–Kier alpha value is -2.81. The van der Waals surface area contributed by atoms with Crippen LogP contribution in [-0.4, -0.2) is 49.8 Å². The van der Waals surface area contributed by atoms with Gasteiger partial charge in [-0.15, -0.1) is 6.58 Å². The molecular formula is C18H19F2N7. The zero-order valence-electron chi connectivity index (χ0n) is 14.6. The second-order valence-electron chi connectivity index (χ2n) is 6.93. The summed E-state index contributed by atoms with van der Waals surface area (Å²) in [5, 5.41) is 7.63. The monoisotopic (exact) mass is 371 g/mol. The number of aromatic nitrogens is 5. The Kier molecular flexibility index (Phi) is 3.71. The third-order valence-electron chi connectivity index (χ3n) is 5.37. The van der Waals surface area contributed by atoms with Gasteiger partial charge in [0, 0.05) is 37.6 Å². The van der Waals surface area contributed by atoms with Gasteiger partial charge in [0.2, 0.25) is 0 Å². The highest BCUT2D eigenvalue weighted by Crippen LogP contribution is 2.33. The minimum Gasteiger partial charge on any atom is -0.347 e. The van der Waals surface area contributed by atoms with Crippen molar-refractivity contribution in [2.45, 2.75) is 24.9 Å². The molecule has 140 valence electrons. The molecule has 5 heterocycles. The molecule has 0 radical (unpaired) electrons. The maximum absolute atomic E-state index is 13.5. The van der Waals surface area contributed by atoms with Gasteiger partial charge < -0.3 is 10.2 Å². The van der Waals surface area contributed by atoms with Crippen LogP contribution in [-0.2, 0) is 0 Å². The SMILES string of the molecule is C=C[C@H]1CCN1c1nc(-c2cnn(C3CNC3)c2)cn2c(C(F)F)cnc12. The van der Waals surface area contributed by atoms with Crippen LogP contribution in [0.2, 0.25) is 0 Å². The molecule has 0 unspecified atom stereocenters. The van der Waals surface area contributed by atoms with Crippen LogP contribution in [0.25, 0.3) is 16.9 Å². The highest BCUT2D eigenvalue weighted by atomic mass is 19.3. The average molecular weight is 371 g/mol. The highest BCUT2D eigenvalue weighted by Gasteiger charge is 2.30.